The second-order valence-electron chi connectivity index (χ2n) is 5.60. The van der Waals surface area contributed by atoms with E-state index in [-0.39, 0.29) is 11.8 Å². The number of carbonyl (C=O) groups excluding carboxylic acids is 2. The fourth-order valence-corrected chi connectivity index (χ4v) is 3.12. The zero-order valence-electron chi connectivity index (χ0n) is 14.0. The van der Waals surface area contributed by atoms with Crippen molar-refractivity contribution in [2.45, 2.75) is 6.92 Å². The van der Waals surface area contributed by atoms with E-state index >= 15 is 0 Å². The van der Waals surface area contributed by atoms with Gasteiger partial charge in [0.25, 0.3) is 11.8 Å². The van der Waals surface area contributed by atoms with Gasteiger partial charge in [-0.15, -0.1) is 11.8 Å². The first-order chi connectivity index (χ1) is 12.5. The molecule has 0 aromatic heterocycles. The number of rotatable bonds is 4. The summed E-state index contributed by atoms with van der Waals surface area (Å²) < 4.78 is 5.31. The lowest BCUT2D eigenvalue weighted by molar-refractivity contribution is -0.116. The fraction of sp³-hybridized carbons (Fsp3) is 0.158. The summed E-state index contributed by atoms with van der Waals surface area (Å²) in [6.07, 6.45) is 0. The number of hydrogen-bond acceptors (Lipinski definition) is 4. The first-order valence-corrected chi connectivity index (χ1v) is 9.40. The number of halogens is 1. The predicted molar refractivity (Wildman–Crippen MR) is 106 cm³/mol. The highest BCUT2D eigenvalue weighted by Gasteiger charge is 2.15. The van der Waals surface area contributed by atoms with Gasteiger partial charge in [-0.25, -0.2) is 0 Å². The minimum atomic E-state index is -0.302. The summed E-state index contributed by atoms with van der Waals surface area (Å²) in [7, 11) is 0. The van der Waals surface area contributed by atoms with Gasteiger partial charge in [0.1, 0.15) is 0 Å². The van der Waals surface area contributed by atoms with Gasteiger partial charge < -0.3 is 15.4 Å². The van der Waals surface area contributed by atoms with Gasteiger partial charge in [0.15, 0.2) is 5.76 Å². The highest BCUT2D eigenvalue weighted by Crippen LogP contribution is 2.24. The number of hydrogen-bond donors (Lipinski definition) is 2. The van der Waals surface area contributed by atoms with Crippen molar-refractivity contribution >= 4 is 46.6 Å². The molecule has 0 unspecified atom stereocenters. The Kier molecular flexibility index (Phi) is 5.85. The Labute approximate surface area is 160 Å². The molecule has 0 bridgehead atoms. The number of anilines is 2. The molecule has 1 heterocycles. The Bertz CT molecular complexity index is 866. The largest absolute Gasteiger partial charge is 0.487 e. The van der Waals surface area contributed by atoms with Gasteiger partial charge in [0.05, 0.1) is 6.61 Å². The predicted octanol–water partition coefficient (Wildman–Crippen LogP) is 4.44. The topological polar surface area (TPSA) is 67.4 Å². The van der Waals surface area contributed by atoms with Crippen molar-refractivity contribution in [1.82, 2.24) is 0 Å². The molecule has 0 atom stereocenters. The molecule has 7 heteroatoms. The Balaban J connectivity index is 1.65. The molecule has 0 aliphatic carbocycles. The summed E-state index contributed by atoms with van der Waals surface area (Å²) in [5.41, 5.74) is 2.54. The van der Waals surface area contributed by atoms with Crippen LogP contribution in [-0.4, -0.2) is 24.2 Å². The van der Waals surface area contributed by atoms with Crippen molar-refractivity contribution < 1.29 is 14.3 Å². The maximum Gasteiger partial charge on any atom is 0.291 e. The van der Waals surface area contributed by atoms with Gasteiger partial charge in [0, 0.05) is 33.1 Å². The minimum absolute atomic E-state index is 0.247. The van der Waals surface area contributed by atoms with Crippen molar-refractivity contribution in [2.75, 3.05) is 23.0 Å². The van der Waals surface area contributed by atoms with Crippen LogP contribution in [0.25, 0.3) is 0 Å². The normalized spacial score (nSPS) is 13.4. The van der Waals surface area contributed by atoms with Crippen molar-refractivity contribution in [3.8, 4) is 0 Å². The molecule has 0 saturated carbocycles. The third-order valence-electron chi connectivity index (χ3n) is 3.79. The van der Waals surface area contributed by atoms with Gasteiger partial charge in [-0.1, -0.05) is 17.7 Å². The van der Waals surface area contributed by atoms with Crippen LogP contribution >= 0.6 is 23.4 Å². The van der Waals surface area contributed by atoms with Crippen LogP contribution in [0.3, 0.4) is 0 Å². The van der Waals surface area contributed by atoms with Crippen LogP contribution in [-0.2, 0) is 9.53 Å². The van der Waals surface area contributed by atoms with E-state index in [2.05, 4.69) is 10.6 Å². The van der Waals surface area contributed by atoms with Crippen molar-refractivity contribution in [2.24, 2.45) is 0 Å². The van der Waals surface area contributed by atoms with E-state index in [1.54, 1.807) is 59.6 Å². The van der Waals surface area contributed by atoms with Crippen LogP contribution in [0.5, 0.6) is 0 Å². The molecule has 26 heavy (non-hydrogen) atoms. The molecule has 0 radical (unpaired) electrons. The molecule has 2 aromatic carbocycles. The second-order valence-corrected chi connectivity index (χ2v) is 6.98. The number of nitrogens with one attached hydrogen (secondary N) is 2. The molecule has 134 valence electrons. The average molecular weight is 389 g/mol. The lowest BCUT2D eigenvalue weighted by Gasteiger charge is -2.14. The molecule has 0 spiro atoms. The molecule has 0 fully saturated rings. The van der Waals surface area contributed by atoms with Gasteiger partial charge >= 0.3 is 0 Å². The molecule has 2 N–H and O–H groups in total. The molecular formula is C19H17ClN2O3S. The van der Waals surface area contributed by atoms with E-state index in [1.807, 2.05) is 6.92 Å². The van der Waals surface area contributed by atoms with Crippen LogP contribution in [0, 0.1) is 6.92 Å². The number of ether oxygens (including phenoxy) is 1. The third-order valence-corrected chi connectivity index (χ3v) is 4.99. The zero-order chi connectivity index (χ0) is 18.5. The number of benzene rings is 2. The first-order valence-electron chi connectivity index (χ1n) is 7.97. The van der Waals surface area contributed by atoms with E-state index in [1.165, 1.54) is 0 Å². The smallest absolute Gasteiger partial charge is 0.291 e. The van der Waals surface area contributed by atoms with E-state index in [9.17, 15) is 9.59 Å². The maximum absolute atomic E-state index is 12.4. The second kappa shape index (κ2) is 8.29. The van der Waals surface area contributed by atoms with Gasteiger partial charge in [-0.3, -0.25) is 9.59 Å². The Hall–Kier alpha value is -2.44. The highest BCUT2D eigenvalue weighted by molar-refractivity contribution is 8.02. The Morgan fingerprint density at radius 3 is 2.54 bits per heavy atom. The van der Waals surface area contributed by atoms with E-state index in [0.29, 0.717) is 34.3 Å². The van der Waals surface area contributed by atoms with Crippen LogP contribution in [0.4, 0.5) is 11.4 Å². The molecule has 1 aliphatic rings. The lowest BCUT2D eigenvalue weighted by Crippen LogP contribution is -2.19. The van der Waals surface area contributed by atoms with Crippen molar-refractivity contribution in [3.05, 3.63) is 69.8 Å². The van der Waals surface area contributed by atoms with Crippen LogP contribution in [0.1, 0.15) is 15.9 Å². The van der Waals surface area contributed by atoms with E-state index in [0.717, 1.165) is 11.3 Å². The Morgan fingerprint density at radius 2 is 1.85 bits per heavy atom. The number of carbonyl (C=O) groups is 2. The summed E-state index contributed by atoms with van der Waals surface area (Å²) in [5.74, 6) is 0.596. The van der Waals surface area contributed by atoms with E-state index in [4.69, 9.17) is 16.3 Å². The molecule has 3 rings (SSSR count). The van der Waals surface area contributed by atoms with E-state index < -0.39 is 0 Å². The first kappa shape index (κ1) is 18.4. The van der Waals surface area contributed by atoms with Gasteiger partial charge in [-0.05, 0) is 48.9 Å². The SMILES string of the molecule is Cc1c(Cl)cccc1NC(=O)c1ccc(NC(=O)C2=CSCCO2)cc1. The highest BCUT2D eigenvalue weighted by atomic mass is 35.5. The molecule has 2 aromatic rings. The minimum Gasteiger partial charge on any atom is -0.487 e. The summed E-state index contributed by atoms with van der Waals surface area (Å²) in [6.45, 7) is 2.36. The molecule has 1 aliphatic heterocycles. The van der Waals surface area contributed by atoms with Crippen molar-refractivity contribution in [3.63, 3.8) is 0 Å². The average Bonchev–Trinajstić information content (AvgIpc) is 2.66. The maximum atomic E-state index is 12.4. The zero-order valence-corrected chi connectivity index (χ0v) is 15.6. The summed E-state index contributed by atoms with van der Waals surface area (Å²) >= 11 is 7.61. The van der Waals surface area contributed by atoms with Crippen LogP contribution in [0.2, 0.25) is 5.02 Å². The Morgan fingerprint density at radius 1 is 1.08 bits per heavy atom. The molecule has 0 saturated heterocycles. The number of amides is 2. The summed E-state index contributed by atoms with van der Waals surface area (Å²) in [5, 5.41) is 7.88. The summed E-state index contributed by atoms with van der Waals surface area (Å²) in [6, 6.07) is 12.0. The van der Waals surface area contributed by atoms with Crippen LogP contribution in [0.15, 0.2) is 53.6 Å². The van der Waals surface area contributed by atoms with Crippen LogP contribution < -0.4 is 10.6 Å². The third kappa shape index (κ3) is 4.39. The molecule has 5 nitrogen and oxygen atoms in total. The molecule has 2 amide bonds. The lowest BCUT2D eigenvalue weighted by atomic mass is 10.1. The van der Waals surface area contributed by atoms with Gasteiger partial charge in [-0.2, -0.15) is 0 Å². The molecular weight excluding hydrogens is 372 g/mol. The number of thioether (sulfide) groups is 1. The van der Waals surface area contributed by atoms with Crippen molar-refractivity contribution in [1.29, 1.82) is 0 Å². The fourth-order valence-electron chi connectivity index (χ4n) is 2.32. The quantitative estimate of drug-likeness (QED) is 0.812. The van der Waals surface area contributed by atoms with Gasteiger partial charge in [0.2, 0.25) is 0 Å². The summed E-state index contributed by atoms with van der Waals surface area (Å²) in [4.78, 5) is 24.5. The standard InChI is InChI=1S/C19H17ClN2O3S/c1-12-15(20)3-2-4-16(12)22-18(23)13-5-7-14(8-6-13)21-19(24)17-11-26-10-9-25-17/h2-8,11H,9-10H2,1H3,(H,21,24)(H,22,23). The monoisotopic (exact) mass is 388 g/mol.